The average molecular weight is 427 g/mol. The molecule has 1 atom stereocenters. The second kappa shape index (κ2) is 10.7. The van der Waals surface area contributed by atoms with Crippen molar-refractivity contribution in [1.82, 2.24) is 4.90 Å². The van der Waals surface area contributed by atoms with Crippen LogP contribution in [0.3, 0.4) is 0 Å². The molecule has 28 heavy (non-hydrogen) atoms. The Hall–Kier alpha value is -1.76. The van der Waals surface area contributed by atoms with Crippen molar-refractivity contribution in [2.45, 2.75) is 33.3 Å². The number of ether oxygens (including phenoxy) is 1. The van der Waals surface area contributed by atoms with Crippen LogP contribution in [-0.2, 0) is 16.4 Å². The lowest BCUT2D eigenvalue weighted by atomic mass is 10.1. The first-order valence-corrected chi connectivity index (χ1v) is 11.0. The Kier molecular flexibility index (Phi) is 9.27. The number of hydrogen-bond acceptors (Lipinski definition) is 4. The third-order valence-electron chi connectivity index (χ3n) is 4.28. The number of rotatable bonds is 9. The van der Waals surface area contributed by atoms with Crippen LogP contribution in [-0.4, -0.2) is 45.8 Å². The minimum absolute atomic E-state index is 0. The smallest absolute Gasteiger partial charge is 0.229 e. The van der Waals surface area contributed by atoms with E-state index in [0.717, 1.165) is 37.1 Å². The highest BCUT2D eigenvalue weighted by molar-refractivity contribution is 7.92. The van der Waals surface area contributed by atoms with Gasteiger partial charge in [0, 0.05) is 18.8 Å². The Balaban J connectivity index is 0.00000392. The van der Waals surface area contributed by atoms with E-state index in [1.165, 1.54) is 11.1 Å². The molecular weight excluding hydrogens is 396 g/mol. The summed E-state index contributed by atoms with van der Waals surface area (Å²) in [5.41, 5.74) is 4.11. The fourth-order valence-electron chi connectivity index (χ4n) is 2.89. The summed E-state index contributed by atoms with van der Waals surface area (Å²) in [5.74, 6) is 0.949. The Bertz CT molecular complexity index is 854. The normalized spacial score (nSPS) is 12.4. The average Bonchev–Trinajstić information content (AvgIpc) is 2.56. The molecule has 7 heteroatoms. The molecule has 0 aromatic heterocycles. The molecule has 0 heterocycles. The Morgan fingerprint density at radius 3 is 2.36 bits per heavy atom. The highest BCUT2D eigenvalue weighted by Gasteiger charge is 2.10. The van der Waals surface area contributed by atoms with Crippen molar-refractivity contribution >= 4 is 28.1 Å². The first kappa shape index (κ1) is 24.3. The monoisotopic (exact) mass is 426 g/mol. The molecule has 0 saturated heterocycles. The number of nitrogens with zero attached hydrogens (tertiary/aromatic N) is 1. The van der Waals surface area contributed by atoms with Crippen molar-refractivity contribution in [1.29, 1.82) is 0 Å². The van der Waals surface area contributed by atoms with Gasteiger partial charge in [-0.3, -0.25) is 4.72 Å². The fraction of sp³-hybridized carbons (Fsp3) is 0.429. The molecule has 0 fully saturated rings. The van der Waals surface area contributed by atoms with E-state index in [9.17, 15) is 8.42 Å². The molecular formula is C21H31ClN2O3S. The van der Waals surface area contributed by atoms with Gasteiger partial charge in [0.2, 0.25) is 10.0 Å². The van der Waals surface area contributed by atoms with Crippen molar-refractivity contribution in [2.24, 2.45) is 0 Å². The number of benzene rings is 2. The van der Waals surface area contributed by atoms with Crippen LogP contribution >= 0.6 is 12.4 Å². The van der Waals surface area contributed by atoms with Crippen LogP contribution in [0.15, 0.2) is 42.5 Å². The maximum Gasteiger partial charge on any atom is 0.229 e. The molecule has 2 aromatic carbocycles. The van der Waals surface area contributed by atoms with Gasteiger partial charge in [-0.05, 0) is 69.1 Å². The van der Waals surface area contributed by atoms with E-state index in [1.54, 1.807) is 12.1 Å². The zero-order valence-electron chi connectivity index (χ0n) is 17.2. The minimum Gasteiger partial charge on any atom is -0.489 e. The number of anilines is 1. The number of aryl methyl sites for hydroxylation is 2. The number of likely N-dealkylation sites (N-methyl/N-ethyl adjacent to an activating group) is 1. The van der Waals surface area contributed by atoms with Crippen molar-refractivity contribution in [3.8, 4) is 5.75 Å². The Morgan fingerprint density at radius 2 is 1.75 bits per heavy atom. The van der Waals surface area contributed by atoms with E-state index in [0.29, 0.717) is 5.69 Å². The van der Waals surface area contributed by atoms with Crippen LogP contribution in [0, 0.1) is 13.8 Å². The maximum atomic E-state index is 11.2. The zero-order chi connectivity index (χ0) is 20.0. The highest BCUT2D eigenvalue weighted by atomic mass is 35.5. The minimum atomic E-state index is -3.23. The standard InChI is InChI=1S/C21H30N2O3S.ClH/c1-16-6-7-17(2)21(14-16)26-18(3)15-23(4)13-12-19-8-10-20(11-9-19)22-27(5,24)25;/h6-11,14,18,22H,12-13,15H2,1-5H3;1H. The van der Waals surface area contributed by atoms with Crippen molar-refractivity contribution in [2.75, 3.05) is 31.1 Å². The molecule has 0 saturated carbocycles. The first-order valence-electron chi connectivity index (χ1n) is 9.11. The molecule has 0 radical (unpaired) electrons. The molecule has 0 aliphatic heterocycles. The fourth-order valence-corrected chi connectivity index (χ4v) is 3.46. The summed E-state index contributed by atoms with van der Waals surface area (Å²) in [6.07, 6.45) is 2.14. The van der Waals surface area contributed by atoms with E-state index in [1.807, 2.05) is 12.1 Å². The second-order valence-electron chi connectivity index (χ2n) is 7.28. The number of sulfonamides is 1. The summed E-state index contributed by atoms with van der Waals surface area (Å²) < 4.78 is 31.1. The Morgan fingerprint density at radius 1 is 1.11 bits per heavy atom. The van der Waals surface area contributed by atoms with Gasteiger partial charge >= 0.3 is 0 Å². The third kappa shape index (κ3) is 8.50. The molecule has 0 bridgehead atoms. The van der Waals surface area contributed by atoms with Crippen LogP contribution in [0.4, 0.5) is 5.69 Å². The molecule has 5 nitrogen and oxygen atoms in total. The van der Waals surface area contributed by atoms with Crippen LogP contribution < -0.4 is 9.46 Å². The first-order chi connectivity index (χ1) is 12.6. The topological polar surface area (TPSA) is 58.6 Å². The van der Waals surface area contributed by atoms with Crippen LogP contribution in [0.2, 0.25) is 0 Å². The summed E-state index contributed by atoms with van der Waals surface area (Å²) in [5, 5.41) is 0. The van der Waals surface area contributed by atoms with E-state index in [-0.39, 0.29) is 18.5 Å². The van der Waals surface area contributed by atoms with E-state index >= 15 is 0 Å². The van der Waals surface area contributed by atoms with Crippen molar-refractivity contribution in [3.05, 3.63) is 59.2 Å². The number of hydrogen-bond donors (Lipinski definition) is 1. The summed E-state index contributed by atoms with van der Waals surface area (Å²) in [7, 11) is -1.15. The van der Waals surface area contributed by atoms with Gasteiger partial charge in [0.25, 0.3) is 0 Å². The molecule has 0 spiro atoms. The number of nitrogens with one attached hydrogen (secondary N) is 1. The van der Waals surface area contributed by atoms with Gasteiger partial charge < -0.3 is 9.64 Å². The van der Waals surface area contributed by atoms with Crippen LogP contribution in [0.25, 0.3) is 0 Å². The van der Waals surface area contributed by atoms with Crippen LogP contribution in [0.1, 0.15) is 23.6 Å². The molecule has 1 N–H and O–H groups in total. The second-order valence-corrected chi connectivity index (χ2v) is 9.03. The molecule has 0 aliphatic carbocycles. The summed E-state index contributed by atoms with van der Waals surface area (Å²) in [4.78, 5) is 2.25. The van der Waals surface area contributed by atoms with Crippen LogP contribution in [0.5, 0.6) is 5.75 Å². The Labute approximate surface area is 175 Å². The van der Waals surface area contributed by atoms with Crippen molar-refractivity contribution in [3.63, 3.8) is 0 Å². The van der Waals surface area contributed by atoms with E-state index in [2.05, 4.69) is 55.6 Å². The highest BCUT2D eigenvalue weighted by Crippen LogP contribution is 2.20. The zero-order valence-corrected chi connectivity index (χ0v) is 18.9. The van der Waals surface area contributed by atoms with Gasteiger partial charge in [0.15, 0.2) is 0 Å². The van der Waals surface area contributed by atoms with Gasteiger partial charge in [0.1, 0.15) is 11.9 Å². The lowest BCUT2D eigenvalue weighted by Gasteiger charge is -2.23. The van der Waals surface area contributed by atoms with E-state index < -0.39 is 10.0 Å². The van der Waals surface area contributed by atoms with Gasteiger partial charge in [0.05, 0.1) is 6.26 Å². The molecule has 156 valence electrons. The van der Waals surface area contributed by atoms with Crippen molar-refractivity contribution < 1.29 is 13.2 Å². The van der Waals surface area contributed by atoms with Gasteiger partial charge in [-0.15, -0.1) is 12.4 Å². The summed E-state index contributed by atoms with van der Waals surface area (Å²) in [6.45, 7) is 7.96. The molecule has 0 amide bonds. The molecule has 2 rings (SSSR count). The molecule has 0 aliphatic rings. The number of halogens is 1. The lowest BCUT2D eigenvalue weighted by Crippen LogP contribution is -2.32. The maximum absolute atomic E-state index is 11.2. The van der Waals surface area contributed by atoms with Gasteiger partial charge in [-0.2, -0.15) is 0 Å². The predicted molar refractivity (Wildman–Crippen MR) is 119 cm³/mol. The SMILES string of the molecule is Cc1ccc(C)c(OC(C)CN(C)CCc2ccc(NS(C)(=O)=O)cc2)c1.Cl. The molecule has 1 unspecified atom stereocenters. The third-order valence-corrected chi connectivity index (χ3v) is 4.89. The summed E-state index contributed by atoms with van der Waals surface area (Å²) >= 11 is 0. The largest absolute Gasteiger partial charge is 0.489 e. The lowest BCUT2D eigenvalue weighted by molar-refractivity contribution is 0.162. The summed E-state index contributed by atoms with van der Waals surface area (Å²) in [6, 6.07) is 13.8. The quantitative estimate of drug-likeness (QED) is 0.657. The van der Waals surface area contributed by atoms with Gasteiger partial charge in [-0.1, -0.05) is 24.3 Å². The molecule has 2 aromatic rings. The predicted octanol–water partition coefficient (Wildman–Crippen LogP) is 4.04. The van der Waals surface area contributed by atoms with E-state index in [4.69, 9.17) is 4.74 Å². The van der Waals surface area contributed by atoms with Gasteiger partial charge in [-0.25, -0.2) is 8.42 Å².